The van der Waals surface area contributed by atoms with Crippen LogP contribution >= 0.6 is 0 Å². The van der Waals surface area contributed by atoms with E-state index in [0.29, 0.717) is 38.1 Å². The second kappa shape index (κ2) is 12.3. The first-order valence-corrected chi connectivity index (χ1v) is 9.78. The Balaban J connectivity index is 2.40. The molecule has 0 aromatic heterocycles. The van der Waals surface area contributed by atoms with Crippen LogP contribution < -0.4 is 5.32 Å². The van der Waals surface area contributed by atoms with Crippen molar-refractivity contribution < 1.29 is 19.1 Å². The number of hydrogen-bond donors (Lipinski definition) is 1. The minimum Gasteiger partial charge on any atom is -0.465 e. The van der Waals surface area contributed by atoms with E-state index in [4.69, 9.17) is 9.47 Å². The SMILES string of the molecule is CCOC(=O)CN(CC(=O)NCC1CN(CC(C)C)CCO1)CC(C)C. The summed E-state index contributed by atoms with van der Waals surface area (Å²) in [6, 6.07) is 0. The molecule has 1 rings (SSSR count). The zero-order valence-electron chi connectivity index (χ0n) is 17.1. The number of rotatable bonds is 11. The molecule has 0 aromatic carbocycles. The Morgan fingerprint density at radius 1 is 1.23 bits per heavy atom. The summed E-state index contributed by atoms with van der Waals surface area (Å²) in [7, 11) is 0. The van der Waals surface area contributed by atoms with Crippen molar-refractivity contribution in [3.05, 3.63) is 0 Å². The van der Waals surface area contributed by atoms with Gasteiger partial charge in [0.05, 0.1) is 32.4 Å². The molecule has 1 aliphatic heterocycles. The fourth-order valence-electron chi connectivity index (χ4n) is 3.16. The molecule has 7 nitrogen and oxygen atoms in total. The third-order valence-corrected chi connectivity index (χ3v) is 4.02. The van der Waals surface area contributed by atoms with Gasteiger partial charge in [-0.25, -0.2) is 0 Å². The fourth-order valence-corrected chi connectivity index (χ4v) is 3.16. The first-order valence-electron chi connectivity index (χ1n) is 9.78. The van der Waals surface area contributed by atoms with Gasteiger partial charge >= 0.3 is 5.97 Å². The van der Waals surface area contributed by atoms with E-state index in [2.05, 4.69) is 37.9 Å². The molecule has 1 amide bonds. The van der Waals surface area contributed by atoms with Gasteiger partial charge in [0, 0.05) is 32.7 Å². The lowest BCUT2D eigenvalue weighted by molar-refractivity contribution is -0.144. The summed E-state index contributed by atoms with van der Waals surface area (Å²) in [6.07, 6.45) is 0.0232. The lowest BCUT2D eigenvalue weighted by atomic mass is 10.2. The molecule has 1 saturated heterocycles. The highest BCUT2D eigenvalue weighted by molar-refractivity contribution is 5.79. The summed E-state index contributed by atoms with van der Waals surface area (Å²) < 4.78 is 10.8. The highest BCUT2D eigenvalue weighted by Gasteiger charge is 2.22. The zero-order valence-corrected chi connectivity index (χ0v) is 17.1. The van der Waals surface area contributed by atoms with E-state index in [1.807, 2.05) is 4.90 Å². The van der Waals surface area contributed by atoms with E-state index >= 15 is 0 Å². The molecule has 0 aromatic rings. The van der Waals surface area contributed by atoms with E-state index in [-0.39, 0.29) is 31.1 Å². The van der Waals surface area contributed by atoms with E-state index in [9.17, 15) is 9.59 Å². The summed E-state index contributed by atoms with van der Waals surface area (Å²) in [5.74, 6) is 0.611. The Morgan fingerprint density at radius 3 is 2.58 bits per heavy atom. The van der Waals surface area contributed by atoms with Gasteiger partial charge in [-0.15, -0.1) is 0 Å². The minimum atomic E-state index is -0.291. The topological polar surface area (TPSA) is 71.1 Å². The second-order valence-corrected chi connectivity index (χ2v) is 7.82. The van der Waals surface area contributed by atoms with E-state index < -0.39 is 0 Å². The monoisotopic (exact) mass is 371 g/mol. The normalized spacial score (nSPS) is 18.5. The predicted octanol–water partition coefficient (Wildman–Crippen LogP) is 0.981. The molecule has 0 bridgehead atoms. The predicted molar refractivity (Wildman–Crippen MR) is 102 cm³/mol. The molecule has 1 unspecified atom stereocenters. The second-order valence-electron chi connectivity index (χ2n) is 7.82. The average Bonchev–Trinajstić information content (AvgIpc) is 2.52. The average molecular weight is 372 g/mol. The fraction of sp³-hybridized carbons (Fsp3) is 0.895. The summed E-state index contributed by atoms with van der Waals surface area (Å²) in [4.78, 5) is 28.3. The molecule has 152 valence electrons. The lowest BCUT2D eigenvalue weighted by Gasteiger charge is -2.34. The van der Waals surface area contributed by atoms with Gasteiger partial charge in [0.1, 0.15) is 0 Å². The molecule has 1 atom stereocenters. The van der Waals surface area contributed by atoms with Crippen molar-refractivity contribution in [1.82, 2.24) is 15.1 Å². The van der Waals surface area contributed by atoms with Crippen molar-refractivity contribution in [2.45, 2.75) is 40.7 Å². The number of hydrogen-bond acceptors (Lipinski definition) is 6. The number of nitrogens with one attached hydrogen (secondary N) is 1. The van der Waals surface area contributed by atoms with Gasteiger partial charge in [-0.1, -0.05) is 27.7 Å². The van der Waals surface area contributed by atoms with Crippen LogP contribution in [-0.2, 0) is 19.1 Å². The number of ether oxygens (including phenoxy) is 2. The maximum Gasteiger partial charge on any atom is 0.320 e. The van der Waals surface area contributed by atoms with Crippen molar-refractivity contribution in [2.75, 3.05) is 59.0 Å². The zero-order chi connectivity index (χ0) is 19.5. The van der Waals surface area contributed by atoms with Crippen molar-refractivity contribution in [3.8, 4) is 0 Å². The lowest BCUT2D eigenvalue weighted by Crippen LogP contribution is -2.50. The third-order valence-electron chi connectivity index (χ3n) is 4.02. The Kier molecular flexibility index (Phi) is 10.8. The van der Waals surface area contributed by atoms with Gasteiger partial charge in [-0.2, -0.15) is 0 Å². The molecule has 0 saturated carbocycles. The van der Waals surface area contributed by atoms with Crippen molar-refractivity contribution in [1.29, 1.82) is 0 Å². The van der Waals surface area contributed by atoms with Crippen LogP contribution in [0.1, 0.15) is 34.6 Å². The van der Waals surface area contributed by atoms with Gasteiger partial charge in [-0.05, 0) is 18.8 Å². The summed E-state index contributed by atoms with van der Waals surface area (Å²) in [5, 5.41) is 2.95. The molecule has 0 radical (unpaired) electrons. The van der Waals surface area contributed by atoms with Crippen LogP contribution in [0.4, 0.5) is 0 Å². The molecule has 0 aliphatic carbocycles. The van der Waals surface area contributed by atoms with Crippen molar-refractivity contribution in [2.24, 2.45) is 11.8 Å². The summed E-state index contributed by atoms with van der Waals surface area (Å²) >= 11 is 0. The number of amides is 1. The first-order chi connectivity index (χ1) is 12.3. The van der Waals surface area contributed by atoms with Crippen LogP contribution in [0.3, 0.4) is 0 Å². The molecule has 7 heteroatoms. The van der Waals surface area contributed by atoms with Crippen molar-refractivity contribution in [3.63, 3.8) is 0 Å². The molecule has 1 fully saturated rings. The van der Waals surface area contributed by atoms with Crippen LogP contribution in [0.25, 0.3) is 0 Å². The van der Waals surface area contributed by atoms with E-state index in [0.717, 1.165) is 19.6 Å². The summed E-state index contributed by atoms with van der Waals surface area (Å²) in [6.45, 7) is 15.7. The quantitative estimate of drug-likeness (QED) is 0.546. The maximum atomic E-state index is 12.3. The molecular weight excluding hydrogens is 334 g/mol. The van der Waals surface area contributed by atoms with Gasteiger partial charge in [0.25, 0.3) is 0 Å². The van der Waals surface area contributed by atoms with Crippen LogP contribution in [0.2, 0.25) is 0 Å². The van der Waals surface area contributed by atoms with Crippen LogP contribution in [0.15, 0.2) is 0 Å². The van der Waals surface area contributed by atoms with Crippen molar-refractivity contribution >= 4 is 11.9 Å². The third kappa shape index (κ3) is 10.1. The van der Waals surface area contributed by atoms with E-state index in [1.54, 1.807) is 6.92 Å². The number of esters is 1. The Hall–Kier alpha value is -1.18. The molecule has 1 aliphatic rings. The molecule has 1 heterocycles. The Bertz CT molecular complexity index is 429. The smallest absolute Gasteiger partial charge is 0.320 e. The van der Waals surface area contributed by atoms with E-state index in [1.165, 1.54) is 0 Å². The number of nitrogens with zero attached hydrogens (tertiary/aromatic N) is 2. The molecular formula is C19H37N3O4. The molecule has 1 N–H and O–H groups in total. The minimum absolute atomic E-state index is 0.0232. The van der Waals surface area contributed by atoms with Crippen LogP contribution in [-0.4, -0.2) is 86.8 Å². The summed E-state index contributed by atoms with van der Waals surface area (Å²) in [5.41, 5.74) is 0. The Morgan fingerprint density at radius 2 is 1.96 bits per heavy atom. The first kappa shape index (κ1) is 22.9. The highest BCUT2D eigenvalue weighted by Crippen LogP contribution is 2.07. The van der Waals surface area contributed by atoms with Gasteiger partial charge in [0.2, 0.25) is 5.91 Å². The standard InChI is InChI=1S/C19H37N3O4/c1-6-25-19(24)14-22(11-16(4)5)13-18(23)20-9-17-12-21(7-8-26-17)10-15(2)3/h15-17H,6-14H2,1-5H3,(H,20,23). The highest BCUT2D eigenvalue weighted by atomic mass is 16.5. The molecule has 0 spiro atoms. The van der Waals surface area contributed by atoms with Gasteiger partial charge in [0.15, 0.2) is 0 Å². The number of carbonyl (C=O) groups excluding carboxylic acids is 2. The number of morpholine rings is 1. The Labute approximate surface area is 158 Å². The van der Waals surface area contributed by atoms with Crippen LogP contribution in [0, 0.1) is 11.8 Å². The molecule has 26 heavy (non-hydrogen) atoms. The van der Waals surface area contributed by atoms with Gasteiger partial charge in [-0.3, -0.25) is 19.4 Å². The van der Waals surface area contributed by atoms with Gasteiger partial charge < -0.3 is 14.8 Å². The maximum absolute atomic E-state index is 12.3. The number of carbonyl (C=O) groups is 2. The van der Waals surface area contributed by atoms with Crippen LogP contribution in [0.5, 0.6) is 0 Å². The largest absolute Gasteiger partial charge is 0.465 e.